The van der Waals surface area contributed by atoms with E-state index >= 15 is 0 Å². The fourth-order valence-corrected chi connectivity index (χ4v) is 5.99. The van der Waals surface area contributed by atoms with E-state index < -0.39 is 48.2 Å². The SMILES string of the molecule is C[C@H](Oc1cc(-n2nc(C(F)(F)F)c3c2[C@@H](OC2CCC(C(=O)O)CC2)CCC3)cc(F)n1)c1ccc2c(c1)OC(F)(F)O2. The summed E-state index contributed by atoms with van der Waals surface area (Å²) in [6.45, 7) is 1.54. The van der Waals surface area contributed by atoms with Crippen LogP contribution < -0.4 is 14.2 Å². The van der Waals surface area contributed by atoms with Gasteiger partial charge in [0.05, 0.1) is 23.4 Å². The van der Waals surface area contributed by atoms with Crippen LogP contribution in [0.15, 0.2) is 30.3 Å². The first-order valence-electron chi connectivity index (χ1n) is 14.1. The van der Waals surface area contributed by atoms with Crippen molar-refractivity contribution in [1.82, 2.24) is 14.8 Å². The van der Waals surface area contributed by atoms with Crippen LogP contribution in [0.1, 0.15) is 80.2 Å². The second-order valence-electron chi connectivity index (χ2n) is 11.1. The molecule has 15 heteroatoms. The Morgan fingerprint density at radius 3 is 2.52 bits per heavy atom. The molecule has 0 saturated heterocycles. The number of hydrogen-bond donors (Lipinski definition) is 1. The number of rotatable bonds is 7. The Bertz CT molecular complexity index is 1570. The van der Waals surface area contributed by atoms with Crippen LogP contribution in [0, 0.1) is 11.9 Å². The zero-order valence-corrected chi connectivity index (χ0v) is 23.2. The van der Waals surface area contributed by atoms with Gasteiger partial charge in [-0.2, -0.15) is 27.6 Å². The molecule has 0 radical (unpaired) electrons. The Morgan fingerprint density at radius 1 is 1.09 bits per heavy atom. The zero-order valence-electron chi connectivity index (χ0n) is 23.2. The summed E-state index contributed by atoms with van der Waals surface area (Å²) in [5, 5.41) is 13.2. The Morgan fingerprint density at radius 2 is 1.82 bits per heavy atom. The van der Waals surface area contributed by atoms with Gasteiger partial charge in [0.1, 0.15) is 12.2 Å². The van der Waals surface area contributed by atoms with Crippen molar-refractivity contribution in [2.75, 3.05) is 0 Å². The van der Waals surface area contributed by atoms with Gasteiger partial charge in [0.25, 0.3) is 0 Å². The van der Waals surface area contributed by atoms with Crippen molar-refractivity contribution < 1.29 is 55.2 Å². The number of halogens is 6. The Hall–Kier alpha value is -4.01. The predicted octanol–water partition coefficient (Wildman–Crippen LogP) is 6.92. The van der Waals surface area contributed by atoms with E-state index in [1.807, 2.05) is 0 Å². The van der Waals surface area contributed by atoms with E-state index in [4.69, 9.17) is 9.47 Å². The minimum atomic E-state index is -4.79. The van der Waals surface area contributed by atoms with Crippen molar-refractivity contribution in [3.63, 3.8) is 0 Å². The van der Waals surface area contributed by atoms with Gasteiger partial charge >= 0.3 is 18.4 Å². The standard InChI is InChI=1S/C29H27F6N3O6/c1-14(16-7-10-20-22(11-16)44-29(34,35)43-20)41-24-13-17(12-23(30)36-24)38-25-19(26(37-38)28(31,32)33)3-2-4-21(25)42-18-8-5-15(6-9-18)27(39)40/h7,10-15,18,21H,2-6,8-9H2,1H3,(H,39,40)/t14-,15?,18?,21-/m0/s1. The van der Waals surface area contributed by atoms with Crippen molar-refractivity contribution in [3.8, 4) is 23.1 Å². The second-order valence-corrected chi connectivity index (χ2v) is 11.1. The molecule has 44 heavy (non-hydrogen) atoms. The smallest absolute Gasteiger partial charge is 0.481 e. The minimum Gasteiger partial charge on any atom is -0.481 e. The molecule has 1 saturated carbocycles. The number of pyridine rings is 1. The Labute approximate surface area is 246 Å². The number of carbonyl (C=O) groups is 1. The van der Waals surface area contributed by atoms with Crippen molar-refractivity contribution in [1.29, 1.82) is 0 Å². The number of nitrogens with zero attached hydrogens (tertiary/aromatic N) is 3. The molecule has 1 fully saturated rings. The number of carboxylic acids is 1. The maximum absolute atomic E-state index is 14.8. The Balaban J connectivity index is 1.30. The first-order chi connectivity index (χ1) is 20.8. The molecule has 0 unspecified atom stereocenters. The molecule has 236 valence electrons. The van der Waals surface area contributed by atoms with Gasteiger partial charge in [-0.1, -0.05) is 6.07 Å². The molecule has 0 bridgehead atoms. The largest absolute Gasteiger partial charge is 0.586 e. The molecule has 6 rings (SSSR count). The molecule has 0 amide bonds. The summed E-state index contributed by atoms with van der Waals surface area (Å²) < 4.78 is 106. The summed E-state index contributed by atoms with van der Waals surface area (Å²) in [6.07, 6.45) is -8.04. The minimum absolute atomic E-state index is 0.0433. The van der Waals surface area contributed by atoms with Crippen LogP contribution in [-0.4, -0.2) is 38.2 Å². The van der Waals surface area contributed by atoms with Gasteiger partial charge < -0.3 is 24.1 Å². The molecule has 3 heterocycles. The lowest BCUT2D eigenvalue weighted by Crippen LogP contribution is -2.29. The summed E-state index contributed by atoms with van der Waals surface area (Å²) in [5.74, 6) is -3.10. The first-order valence-corrected chi connectivity index (χ1v) is 14.1. The van der Waals surface area contributed by atoms with E-state index in [0.717, 1.165) is 10.7 Å². The van der Waals surface area contributed by atoms with E-state index in [-0.39, 0.29) is 46.8 Å². The highest BCUT2D eigenvalue weighted by Crippen LogP contribution is 2.44. The van der Waals surface area contributed by atoms with Crippen LogP contribution in [0.4, 0.5) is 26.3 Å². The van der Waals surface area contributed by atoms with E-state index in [1.165, 1.54) is 24.3 Å². The molecule has 1 aliphatic heterocycles. The Kier molecular flexibility index (Phi) is 7.62. The van der Waals surface area contributed by atoms with Crippen LogP contribution in [0.5, 0.6) is 17.4 Å². The molecule has 2 aromatic heterocycles. The summed E-state index contributed by atoms with van der Waals surface area (Å²) in [5.41, 5.74) is -0.717. The molecule has 9 nitrogen and oxygen atoms in total. The third-order valence-corrected chi connectivity index (χ3v) is 8.06. The van der Waals surface area contributed by atoms with Gasteiger partial charge in [-0.3, -0.25) is 4.79 Å². The highest BCUT2D eigenvalue weighted by Gasteiger charge is 2.44. The summed E-state index contributed by atoms with van der Waals surface area (Å²) >= 11 is 0. The lowest BCUT2D eigenvalue weighted by molar-refractivity contribution is -0.286. The van der Waals surface area contributed by atoms with E-state index in [1.54, 1.807) is 6.92 Å². The number of ether oxygens (including phenoxy) is 4. The highest BCUT2D eigenvalue weighted by molar-refractivity contribution is 5.70. The quantitative estimate of drug-likeness (QED) is 0.222. The third-order valence-electron chi connectivity index (χ3n) is 8.06. The van der Waals surface area contributed by atoms with Crippen LogP contribution in [0.25, 0.3) is 5.69 Å². The molecule has 3 aliphatic rings. The number of benzene rings is 1. The molecule has 3 aromatic rings. The fourth-order valence-electron chi connectivity index (χ4n) is 5.99. The number of hydrogen-bond acceptors (Lipinski definition) is 7. The number of carboxylic acid groups (broad SMARTS) is 1. The zero-order chi connectivity index (χ0) is 31.4. The third kappa shape index (κ3) is 6.01. The van der Waals surface area contributed by atoms with Gasteiger partial charge in [0.2, 0.25) is 11.8 Å². The maximum atomic E-state index is 14.8. The van der Waals surface area contributed by atoms with Crippen molar-refractivity contribution in [2.45, 2.75) is 82.7 Å². The number of fused-ring (bicyclic) bond motifs is 2. The first kappa shape index (κ1) is 30.0. The van der Waals surface area contributed by atoms with E-state index in [0.29, 0.717) is 44.1 Å². The van der Waals surface area contributed by atoms with Gasteiger partial charge in [-0.15, -0.1) is 8.78 Å². The van der Waals surface area contributed by atoms with Crippen molar-refractivity contribution in [2.24, 2.45) is 5.92 Å². The molecule has 2 aliphatic carbocycles. The lowest BCUT2D eigenvalue weighted by atomic mass is 9.87. The molecule has 1 N–H and O–H groups in total. The molecule has 0 spiro atoms. The maximum Gasteiger partial charge on any atom is 0.586 e. The fraction of sp³-hybridized carbons (Fsp3) is 0.483. The number of aliphatic carboxylic acids is 1. The van der Waals surface area contributed by atoms with Gasteiger partial charge in [0, 0.05) is 17.7 Å². The molecule has 1 aromatic carbocycles. The number of alkyl halides is 5. The van der Waals surface area contributed by atoms with Gasteiger partial charge in [-0.25, -0.2) is 4.68 Å². The highest BCUT2D eigenvalue weighted by atomic mass is 19.4. The second kappa shape index (κ2) is 11.2. The average molecular weight is 628 g/mol. The van der Waals surface area contributed by atoms with Crippen LogP contribution >= 0.6 is 0 Å². The van der Waals surface area contributed by atoms with E-state index in [2.05, 4.69) is 19.6 Å². The monoisotopic (exact) mass is 627 g/mol. The van der Waals surface area contributed by atoms with Crippen LogP contribution in [0.2, 0.25) is 0 Å². The van der Waals surface area contributed by atoms with E-state index in [9.17, 15) is 36.2 Å². The van der Waals surface area contributed by atoms with Crippen molar-refractivity contribution in [3.05, 3.63) is 58.8 Å². The van der Waals surface area contributed by atoms with Crippen LogP contribution in [0.3, 0.4) is 0 Å². The van der Waals surface area contributed by atoms with Crippen molar-refractivity contribution >= 4 is 5.97 Å². The van der Waals surface area contributed by atoms with Crippen LogP contribution in [-0.2, 0) is 22.1 Å². The lowest BCUT2D eigenvalue weighted by Gasteiger charge is -2.32. The molecular weight excluding hydrogens is 600 g/mol. The van der Waals surface area contributed by atoms with Gasteiger partial charge in [-0.05, 0) is 69.6 Å². The predicted molar refractivity (Wildman–Crippen MR) is 138 cm³/mol. The number of aromatic nitrogens is 3. The average Bonchev–Trinajstić information content (AvgIpc) is 3.50. The summed E-state index contributed by atoms with van der Waals surface area (Å²) in [7, 11) is 0. The normalized spacial score (nSPS) is 23.2. The molecule has 2 atom stereocenters. The summed E-state index contributed by atoms with van der Waals surface area (Å²) in [6, 6.07) is 6.14. The summed E-state index contributed by atoms with van der Waals surface area (Å²) in [4.78, 5) is 15.1. The van der Waals surface area contributed by atoms with Gasteiger partial charge in [0.15, 0.2) is 17.2 Å². The molecular formula is C29H27F6N3O6. The topological polar surface area (TPSA) is 105 Å².